The molecule has 0 bridgehead atoms. The van der Waals surface area contributed by atoms with E-state index in [-0.39, 0.29) is 5.56 Å². The van der Waals surface area contributed by atoms with Crippen molar-refractivity contribution in [1.29, 1.82) is 0 Å². The summed E-state index contributed by atoms with van der Waals surface area (Å²) < 4.78 is 52.3. The van der Waals surface area contributed by atoms with Crippen LogP contribution in [0.5, 0.6) is 11.5 Å². The number of ether oxygens (including phenoxy) is 2. The first kappa shape index (κ1) is 22.4. The third-order valence-electron chi connectivity index (χ3n) is 5.62. The van der Waals surface area contributed by atoms with Crippen LogP contribution in [-0.2, 0) is 12.6 Å². The van der Waals surface area contributed by atoms with Gasteiger partial charge in [-0.3, -0.25) is 0 Å². The van der Waals surface area contributed by atoms with Crippen LogP contribution in [0.25, 0.3) is 0 Å². The Morgan fingerprint density at radius 1 is 1.07 bits per heavy atom. The van der Waals surface area contributed by atoms with Gasteiger partial charge in [0.15, 0.2) is 11.5 Å². The summed E-state index contributed by atoms with van der Waals surface area (Å²) in [7, 11) is 1.58. The molecule has 2 aromatic carbocycles. The van der Waals surface area contributed by atoms with Crippen molar-refractivity contribution in [2.24, 2.45) is 0 Å². The highest BCUT2D eigenvalue weighted by Gasteiger charge is 2.36. The summed E-state index contributed by atoms with van der Waals surface area (Å²) in [5.74, 6) is 1.17. The van der Waals surface area contributed by atoms with Gasteiger partial charge in [-0.15, -0.1) is 0 Å². The van der Waals surface area contributed by atoms with E-state index < -0.39 is 17.8 Å². The zero-order valence-electron chi connectivity index (χ0n) is 17.7. The maximum atomic E-state index is 13.6. The van der Waals surface area contributed by atoms with E-state index in [1.807, 2.05) is 12.1 Å². The van der Waals surface area contributed by atoms with Crippen molar-refractivity contribution in [2.75, 3.05) is 39.9 Å². The molecule has 1 aliphatic heterocycles. The Balaban J connectivity index is 1.95. The summed E-state index contributed by atoms with van der Waals surface area (Å²) in [6, 6.07) is 8.92. The lowest BCUT2D eigenvalue weighted by atomic mass is 9.87. The fraction of sp³-hybridized carbons (Fsp3) is 0.478. The summed E-state index contributed by atoms with van der Waals surface area (Å²) >= 11 is 0. The van der Waals surface area contributed by atoms with Crippen LogP contribution in [0.4, 0.5) is 13.2 Å². The fourth-order valence-electron chi connectivity index (χ4n) is 3.95. The van der Waals surface area contributed by atoms with Crippen molar-refractivity contribution >= 4 is 0 Å². The Kier molecular flexibility index (Phi) is 7.26. The summed E-state index contributed by atoms with van der Waals surface area (Å²) in [5, 5.41) is 3.26. The van der Waals surface area contributed by atoms with Gasteiger partial charge >= 0.3 is 6.18 Å². The van der Waals surface area contributed by atoms with E-state index in [1.54, 1.807) is 19.2 Å². The van der Waals surface area contributed by atoms with Crippen molar-refractivity contribution in [3.05, 3.63) is 58.7 Å². The summed E-state index contributed by atoms with van der Waals surface area (Å²) in [4.78, 5) is 2.24. The van der Waals surface area contributed by atoms with Gasteiger partial charge in [-0.2, -0.15) is 13.2 Å². The number of rotatable bonds is 8. The van der Waals surface area contributed by atoms with Gasteiger partial charge in [0.25, 0.3) is 0 Å². The normalized spacial score (nSPS) is 16.4. The van der Waals surface area contributed by atoms with Crippen LogP contribution >= 0.6 is 0 Å². The molecule has 1 heterocycles. The fourth-order valence-corrected chi connectivity index (χ4v) is 3.95. The van der Waals surface area contributed by atoms with Crippen LogP contribution in [0.15, 0.2) is 36.4 Å². The molecule has 30 heavy (non-hydrogen) atoms. The van der Waals surface area contributed by atoms with Gasteiger partial charge in [0.2, 0.25) is 0 Å². The van der Waals surface area contributed by atoms with Crippen molar-refractivity contribution in [1.82, 2.24) is 10.2 Å². The first-order chi connectivity index (χ1) is 14.4. The molecular formula is C23H29F3N2O2. The molecule has 0 saturated heterocycles. The minimum absolute atomic E-state index is 0.227. The van der Waals surface area contributed by atoms with Gasteiger partial charge in [-0.25, -0.2) is 0 Å². The largest absolute Gasteiger partial charge is 0.493 e. The summed E-state index contributed by atoms with van der Waals surface area (Å²) in [6.45, 7) is 7.90. The van der Waals surface area contributed by atoms with E-state index >= 15 is 0 Å². The minimum Gasteiger partial charge on any atom is -0.493 e. The van der Waals surface area contributed by atoms with Crippen LogP contribution in [0.2, 0.25) is 0 Å². The second-order valence-electron chi connectivity index (χ2n) is 7.30. The van der Waals surface area contributed by atoms with E-state index in [0.29, 0.717) is 24.7 Å². The van der Waals surface area contributed by atoms with E-state index in [2.05, 4.69) is 24.1 Å². The Bertz CT molecular complexity index is 851. The molecule has 164 valence electrons. The lowest BCUT2D eigenvalue weighted by Crippen LogP contribution is -2.32. The number of hydrogen-bond acceptors (Lipinski definition) is 4. The zero-order valence-corrected chi connectivity index (χ0v) is 17.7. The van der Waals surface area contributed by atoms with Gasteiger partial charge in [0.05, 0.1) is 18.7 Å². The predicted molar refractivity (Wildman–Crippen MR) is 111 cm³/mol. The molecule has 0 amide bonds. The SMILES string of the molecule is CCN(CC)CCOc1cc2c(cc1OC)CCNC2c1ccccc1C(F)(F)F. The standard InChI is InChI=1S/C23H29F3N2O2/c1-4-28(5-2)12-13-30-21-15-18-16(14-20(21)29-3)10-11-27-22(18)17-8-6-7-9-19(17)23(24,25)26/h6-9,14-15,22,27H,4-5,10-13H2,1-3H3. The Labute approximate surface area is 176 Å². The van der Waals surface area contributed by atoms with Gasteiger partial charge in [-0.05, 0) is 54.4 Å². The second-order valence-corrected chi connectivity index (χ2v) is 7.30. The molecule has 0 saturated carbocycles. The summed E-state index contributed by atoms with van der Waals surface area (Å²) in [5.41, 5.74) is 1.39. The number of benzene rings is 2. The number of fused-ring (bicyclic) bond motifs is 1. The molecule has 2 aromatic rings. The average molecular weight is 422 g/mol. The number of methoxy groups -OCH3 is 1. The van der Waals surface area contributed by atoms with Crippen molar-refractivity contribution in [3.63, 3.8) is 0 Å². The lowest BCUT2D eigenvalue weighted by molar-refractivity contribution is -0.138. The van der Waals surface area contributed by atoms with Gasteiger partial charge in [0.1, 0.15) is 6.61 Å². The van der Waals surface area contributed by atoms with Crippen molar-refractivity contribution < 1.29 is 22.6 Å². The predicted octanol–water partition coefficient (Wildman–Crippen LogP) is 4.67. The van der Waals surface area contributed by atoms with Crippen LogP contribution in [0, 0.1) is 0 Å². The molecule has 1 N–H and O–H groups in total. The Morgan fingerprint density at radius 3 is 2.47 bits per heavy atom. The zero-order chi connectivity index (χ0) is 21.7. The lowest BCUT2D eigenvalue weighted by Gasteiger charge is -2.30. The van der Waals surface area contributed by atoms with Crippen LogP contribution < -0.4 is 14.8 Å². The number of halogens is 3. The number of hydrogen-bond donors (Lipinski definition) is 1. The van der Waals surface area contributed by atoms with Crippen LogP contribution in [0.1, 0.15) is 42.1 Å². The molecule has 0 aromatic heterocycles. The van der Waals surface area contributed by atoms with Crippen molar-refractivity contribution in [2.45, 2.75) is 32.5 Å². The van der Waals surface area contributed by atoms with Gasteiger partial charge < -0.3 is 19.7 Å². The van der Waals surface area contributed by atoms with E-state index in [0.717, 1.165) is 43.2 Å². The molecule has 1 aliphatic rings. The smallest absolute Gasteiger partial charge is 0.416 e. The summed E-state index contributed by atoms with van der Waals surface area (Å²) in [6.07, 6.45) is -3.69. The molecule has 0 fully saturated rings. The third kappa shape index (κ3) is 4.90. The number of likely N-dealkylation sites (N-methyl/N-ethyl adjacent to an activating group) is 1. The molecule has 7 heteroatoms. The molecule has 0 spiro atoms. The second kappa shape index (κ2) is 9.71. The molecule has 1 atom stereocenters. The van der Waals surface area contributed by atoms with Gasteiger partial charge in [0, 0.05) is 13.1 Å². The molecule has 0 aliphatic carbocycles. The third-order valence-corrected chi connectivity index (χ3v) is 5.62. The topological polar surface area (TPSA) is 33.7 Å². The van der Waals surface area contributed by atoms with E-state index in [1.165, 1.54) is 6.07 Å². The Morgan fingerprint density at radius 2 is 1.80 bits per heavy atom. The maximum absolute atomic E-state index is 13.6. The molecule has 4 nitrogen and oxygen atoms in total. The first-order valence-corrected chi connectivity index (χ1v) is 10.3. The maximum Gasteiger partial charge on any atom is 0.416 e. The monoisotopic (exact) mass is 422 g/mol. The Hall–Kier alpha value is -2.25. The highest BCUT2D eigenvalue weighted by Crippen LogP contribution is 2.41. The van der Waals surface area contributed by atoms with E-state index in [9.17, 15) is 13.2 Å². The average Bonchev–Trinajstić information content (AvgIpc) is 2.75. The molecule has 1 unspecified atom stereocenters. The number of nitrogens with zero attached hydrogens (tertiary/aromatic N) is 1. The molecule has 0 radical (unpaired) electrons. The highest BCUT2D eigenvalue weighted by molar-refractivity contribution is 5.52. The molecular weight excluding hydrogens is 393 g/mol. The molecule has 3 rings (SSSR count). The minimum atomic E-state index is -4.41. The van der Waals surface area contributed by atoms with Crippen LogP contribution in [0.3, 0.4) is 0 Å². The number of nitrogens with one attached hydrogen (secondary N) is 1. The van der Waals surface area contributed by atoms with Gasteiger partial charge in [-0.1, -0.05) is 32.0 Å². The quantitative estimate of drug-likeness (QED) is 0.670. The van der Waals surface area contributed by atoms with Crippen molar-refractivity contribution in [3.8, 4) is 11.5 Å². The van der Waals surface area contributed by atoms with Crippen LogP contribution in [-0.4, -0.2) is 44.8 Å². The highest BCUT2D eigenvalue weighted by atomic mass is 19.4. The number of alkyl halides is 3. The first-order valence-electron chi connectivity index (χ1n) is 10.3. The van der Waals surface area contributed by atoms with E-state index in [4.69, 9.17) is 9.47 Å².